The largest absolute Gasteiger partial charge is 0.462 e. The van der Waals surface area contributed by atoms with Crippen LogP contribution in [-0.4, -0.2) is 36.4 Å². The number of aliphatic hydroxyl groups excluding tert-OH is 1. The molecule has 5 heteroatoms. The van der Waals surface area contributed by atoms with Crippen LogP contribution in [0.3, 0.4) is 0 Å². The number of carbonyl (C=O) groups excluding carboxylic acids is 2. The molecule has 0 bridgehead atoms. The van der Waals surface area contributed by atoms with Crippen molar-refractivity contribution in [3.8, 4) is 0 Å². The molecule has 5 nitrogen and oxygen atoms in total. The minimum atomic E-state index is -0.773. The fourth-order valence-corrected chi connectivity index (χ4v) is 8.58. The molecule has 0 aromatic carbocycles. The molecule has 0 heterocycles. The van der Waals surface area contributed by atoms with Crippen LogP contribution in [0.5, 0.6) is 0 Å². The molecule has 0 radical (unpaired) electrons. The van der Waals surface area contributed by atoms with Crippen molar-refractivity contribution in [2.75, 3.05) is 13.2 Å². The van der Waals surface area contributed by atoms with Gasteiger partial charge in [-0.1, -0.05) is 262 Å². The zero-order valence-electron chi connectivity index (χ0n) is 43.1. The number of esters is 2. The minimum Gasteiger partial charge on any atom is -0.462 e. The van der Waals surface area contributed by atoms with E-state index in [0.29, 0.717) is 12.8 Å². The molecular weight excluding hydrogens is 789 g/mol. The molecule has 0 aliphatic heterocycles. The molecular formula is C59H110O5. The van der Waals surface area contributed by atoms with Gasteiger partial charge in [-0.05, 0) is 70.6 Å². The summed E-state index contributed by atoms with van der Waals surface area (Å²) in [5.41, 5.74) is 0. The normalized spacial score (nSPS) is 12.4. The topological polar surface area (TPSA) is 72.8 Å². The van der Waals surface area contributed by atoms with Gasteiger partial charge in [0.05, 0.1) is 6.61 Å². The van der Waals surface area contributed by atoms with Crippen LogP contribution in [0.4, 0.5) is 0 Å². The van der Waals surface area contributed by atoms with Crippen molar-refractivity contribution in [2.45, 2.75) is 315 Å². The smallest absolute Gasteiger partial charge is 0.306 e. The molecule has 376 valence electrons. The lowest BCUT2D eigenvalue weighted by Crippen LogP contribution is -2.28. The zero-order valence-corrected chi connectivity index (χ0v) is 43.1. The van der Waals surface area contributed by atoms with Crippen LogP contribution in [-0.2, 0) is 19.1 Å². The Labute approximate surface area is 399 Å². The predicted octanol–water partition coefficient (Wildman–Crippen LogP) is 19.1. The second-order valence-electron chi connectivity index (χ2n) is 19.4. The average Bonchev–Trinajstić information content (AvgIpc) is 3.30. The molecule has 0 fully saturated rings. The number of allylic oxidation sites excluding steroid dienone is 6. The summed E-state index contributed by atoms with van der Waals surface area (Å²) in [6.45, 7) is 4.17. The second kappa shape index (κ2) is 55.4. The summed E-state index contributed by atoms with van der Waals surface area (Å²) in [4.78, 5) is 24.5. The third kappa shape index (κ3) is 52.7. The van der Waals surface area contributed by atoms with E-state index < -0.39 is 6.10 Å². The molecule has 0 saturated carbocycles. The molecule has 0 rings (SSSR count). The number of hydrogen-bond donors (Lipinski definition) is 1. The summed E-state index contributed by atoms with van der Waals surface area (Å²) in [6, 6.07) is 0. The lowest BCUT2D eigenvalue weighted by molar-refractivity contribution is -0.161. The highest BCUT2D eigenvalue weighted by atomic mass is 16.6. The van der Waals surface area contributed by atoms with Crippen LogP contribution >= 0.6 is 0 Å². The minimum absolute atomic E-state index is 0.0637. The highest BCUT2D eigenvalue weighted by molar-refractivity contribution is 5.70. The van der Waals surface area contributed by atoms with Crippen molar-refractivity contribution in [1.29, 1.82) is 0 Å². The number of unbranched alkanes of at least 4 members (excludes halogenated alkanes) is 39. The predicted molar refractivity (Wildman–Crippen MR) is 279 cm³/mol. The molecule has 1 unspecified atom stereocenters. The van der Waals surface area contributed by atoms with Crippen LogP contribution in [0.15, 0.2) is 36.5 Å². The van der Waals surface area contributed by atoms with E-state index in [-0.39, 0.29) is 25.2 Å². The Morgan fingerprint density at radius 1 is 0.359 bits per heavy atom. The van der Waals surface area contributed by atoms with Crippen molar-refractivity contribution in [2.24, 2.45) is 0 Å². The van der Waals surface area contributed by atoms with Crippen LogP contribution < -0.4 is 0 Å². The van der Waals surface area contributed by atoms with E-state index in [4.69, 9.17) is 9.47 Å². The molecule has 0 saturated heterocycles. The van der Waals surface area contributed by atoms with E-state index in [1.807, 2.05) is 0 Å². The van der Waals surface area contributed by atoms with Gasteiger partial charge in [0.2, 0.25) is 0 Å². The Balaban J connectivity index is 3.44. The van der Waals surface area contributed by atoms with Crippen molar-refractivity contribution in [1.82, 2.24) is 0 Å². The van der Waals surface area contributed by atoms with Gasteiger partial charge in [0.15, 0.2) is 6.10 Å². The maximum absolute atomic E-state index is 12.3. The number of ether oxygens (including phenoxy) is 2. The van der Waals surface area contributed by atoms with E-state index in [2.05, 4.69) is 50.3 Å². The standard InChI is InChI=1S/C59H110O5/c1-3-5-7-9-11-13-15-17-19-21-23-25-26-27-28-29-30-31-32-34-35-37-39-41-43-45-47-49-51-53-58(61)63-56-57(55-60)64-59(62)54-52-50-48-46-44-42-40-38-36-33-24-22-20-18-16-14-12-10-8-6-4-2/h16,18,21-24,57,60H,3-15,17,19-20,25-56H2,1-2H3/b18-16-,23-21-,24-22-. The van der Waals surface area contributed by atoms with Gasteiger partial charge in [-0.3, -0.25) is 9.59 Å². The summed E-state index contributed by atoms with van der Waals surface area (Å²) >= 11 is 0. The number of rotatable bonds is 53. The quantitative estimate of drug-likeness (QED) is 0.0374. The first-order valence-corrected chi connectivity index (χ1v) is 28.5. The molecule has 64 heavy (non-hydrogen) atoms. The first-order valence-electron chi connectivity index (χ1n) is 28.5. The first-order chi connectivity index (χ1) is 31.6. The maximum atomic E-state index is 12.3. The van der Waals surface area contributed by atoms with E-state index in [1.165, 1.54) is 238 Å². The maximum Gasteiger partial charge on any atom is 0.306 e. The third-order valence-electron chi connectivity index (χ3n) is 12.9. The first kappa shape index (κ1) is 62.1. The van der Waals surface area contributed by atoms with Crippen molar-refractivity contribution >= 4 is 11.9 Å². The summed E-state index contributed by atoms with van der Waals surface area (Å²) in [5, 5.41) is 9.65. The van der Waals surface area contributed by atoms with E-state index >= 15 is 0 Å². The van der Waals surface area contributed by atoms with Crippen molar-refractivity contribution in [3.05, 3.63) is 36.5 Å². The fraction of sp³-hybridized carbons (Fsp3) is 0.864. The molecule has 0 aromatic rings. The van der Waals surface area contributed by atoms with Crippen LogP contribution in [0.1, 0.15) is 309 Å². The molecule has 1 atom stereocenters. The molecule has 0 aliphatic carbocycles. The van der Waals surface area contributed by atoms with Gasteiger partial charge >= 0.3 is 11.9 Å². The van der Waals surface area contributed by atoms with E-state index in [0.717, 1.165) is 44.9 Å². The Morgan fingerprint density at radius 2 is 0.625 bits per heavy atom. The molecule has 0 aliphatic rings. The van der Waals surface area contributed by atoms with Gasteiger partial charge in [0.1, 0.15) is 6.61 Å². The highest BCUT2D eigenvalue weighted by Crippen LogP contribution is 2.17. The van der Waals surface area contributed by atoms with Crippen molar-refractivity contribution in [3.63, 3.8) is 0 Å². The number of carbonyl (C=O) groups is 2. The highest BCUT2D eigenvalue weighted by Gasteiger charge is 2.16. The van der Waals surface area contributed by atoms with Crippen LogP contribution in [0.25, 0.3) is 0 Å². The molecule has 0 spiro atoms. The fourth-order valence-electron chi connectivity index (χ4n) is 8.58. The van der Waals surface area contributed by atoms with Gasteiger partial charge in [0.25, 0.3) is 0 Å². The Morgan fingerprint density at radius 3 is 0.938 bits per heavy atom. The lowest BCUT2D eigenvalue weighted by Gasteiger charge is -2.15. The van der Waals surface area contributed by atoms with Gasteiger partial charge in [0, 0.05) is 12.8 Å². The number of hydrogen-bond acceptors (Lipinski definition) is 5. The Kier molecular flexibility index (Phi) is 53.8. The number of aliphatic hydroxyl groups is 1. The molecule has 0 aromatic heterocycles. The average molecular weight is 900 g/mol. The summed E-state index contributed by atoms with van der Waals surface area (Å²) in [5.74, 6) is -0.580. The molecule has 0 amide bonds. The SMILES string of the molecule is CCCCCCC/C=C\C/C=C\CCCCCCCCCCCC(=O)OC(CO)COC(=O)CCCCCCCCCCCCCCCCCCC/C=C\CCCCCCCCCC. The Bertz CT molecular complexity index is 1020. The van der Waals surface area contributed by atoms with Crippen LogP contribution in [0, 0.1) is 0 Å². The van der Waals surface area contributed by atoms with Gasteiger partial charge in [-0.15, -0.1) is 0 Å². The van der Waals surface area contributed by atoms with E-state index in [1.54, 1.807) is 0 Å². The Hall–Kier alpha value is -1.88. The molecule has 1 N–H and O–H groups in total. The van der Waals surface area contributed by atoms with Gasteiger partial charge < -0.3 is 14.6 Å². The van der Waals surface area contributed by atoms with Gasteiger partial charge in [-0.25, -0.2) is 0 Å². The van der Waals surface area contributed by atoms with Gasteiger partial charge in [-0.2, -0.15) is 0 Å². The third-order valence-corrected chi connectivity index (χ3v) is 12.9. The summed E-state index contributed by atoms with van der Waals surface area (Å²) in [7, 11) is 0. The summed E-state index contributed by atoms with van der Waals surface area (Å²) in [6.07, 6.45) is 71.2. The zero-order chi connectivity index (χ0) is 46.3. The monoisotopic (exact) mass is 899 g/mol. The van der Waals surface area contributed by atoms with Crippen LogP contribution in [0.2, 0.25) is 0 Å². The summed E-state index contributed by atoms with van der Waals surface area (Å²) < 4.78 is 10.7. The lowest BCUT2D eigenvalue weighted by atomic mass is 10.0. The van der Waals surface area contributed by atoms with Crippen molar-refractivity contribution < 1.29 is 24.2 Å². The van der Waals surface area contributed by atoms with E-state index in [9.17, 15) is 14.7 Å². The second-order valence-corrected chi connectivity index (χ2v) is 19.4.